The SMILES string of the molecule is COc1cc(-n2c(O)c(/C=N/NC(=O)c3ccccc3O)c(=O)[nH]c2=S)cc(OC)c1OC. The van der Waals surface area contributed by atoms with Gasteiger partial charge in [-0.15, -0.1) is 0 Å². The predicted molar refractivity (Wildman–Crippen MR) is 122 cm³/mol. The number of phenolic OH excluding ortho intramolecular Hbond substituents is 1. The lowest BCUT2D eigenvalue weighted by atomic mass is 10.2. The maximum absolute atomic E-state index is 12.4. The van der Waals surface area contributed by atoms with Gasteiger partial charge >= 0.3 is 0 Å². The van der Waals surface area contributed by atoms with E-state index in [0.29, 0.717) is 22.9 Å². The number of H-pyrrole nitrogens is 1. The second-order valence-corrected chi connectivity index (χ2v) is 6.82. The van der Waals surface area contributed by atoms with Gasteiger partial charge in [0.15, 0.2) is 16.3 Å². The smallest absolute Gasteiger partial charge is 0.275 e. The van der Waals surface area contributed by atoms with Crippen LogP contribution in [0.1, 0.15) is 15.9 Å². The van der Waals surface area contributed by atoms with Crippen molar-refractivity contribution in [3.63, 3.8) is 0 Å². The highest BCUT2D eigenvalue weighted by Crippen LogP contribution is 2.40. The lowest BCUT2D eigenvalue weighted by Gasteiger charge is -2.16. The van der Waals surface area contributed by atoms with Crippen molar-refractivity contribution in [3.8, 4) is 34.6 Å². The van der Waals surface area contributed by atoms with Crippen LogP contribution in [0.3, 0.4) is 0 Å². The van der Waals surface area contributed by atoms with Crippen molar-refractivity contribution >= 4 is 24.3 Å². The van der Waals surface area contributed by atoms with Crippen LogP contribution >= 0.6 is 12.2 Å². The monoisotopic (exact) mass is 472 g/mol. The van der Waals surface area contributed by atoms with Crippen molar-refractivity contribution < 1.29 is 29.2 Å². The zero-order chi connectivity index (χ0) is 24.1. The molecule has 0 spiro atoms. The Morgan fingerprint density at radius 3 is 2.33 bits per heavy atom. The third kappa shape index (κ3) is 4.65. The Hall–Kier alpha value is -4.32. The Morgan fingerprint density at radius 2 is 1.76 bits per heavy atom. The Bertz CT molecular complexity index is 1320. The van der Waals surface area contributed by atoms with Crippen LogP contribution in [0.4, 0.5) is 0 Å². The van der Waals surface area contributed by atoms with Crippen molar-refractivity contribution in [2.24, 2.45) is 5.10 Å². The number of aromatic hydroxyl groups is 2. The number of hydrogen-bond acceptors (Lipinski definition) is 9. The maximum atomic E-state index is 12.4. The average molecular weight is 472 g/mol. The number of amides is 1. The summed E-state index contributed by atoms with van der Waals surface area (Å²) >= 11 is 5.21. The summed E-state index contributed by atoms with van der Waals surface area (Å²) < 4.78 is 17.0. The Labute approximate surface area is 192 Å². The number of methoxy groups -OCH3 is 3. The van der Waals surface area contributed by atoms with Gasteiger partial charge in [0.2, 0.25) is 11.6 Å². The summed E-state index contributed by atoms with van der Waals surface area (Å²) in [6.45, 7) is 0. The zero-order valence-electron chi connectivity index (χ0n) is 17.8. The number of ether oxygens (including phenoxy) is 3. The lowest BCUT2D eigenvalue weighted by molar-refractivity contribution is 0.0952. The summed E-state index contributed by atoms with van der Waals surface area (Å²) in [5, 5.41) is 24.3. The predicted octanol–water partition coefficient (Wildman–Crippen LogP) is 2.10. The van der Waals surface area contributed by atoms with Crippen LogP contribution in [0.2, 0.25) is 0 Å². The van der Waals surface area contributed by atoms with Crippen LogP contribution in [-0.2, 0) is 0 Å². The molecule has 33 heavy (non-hydrogen) atoms. The van der Waals surface area contributed by atoms with Crippen molar-refractivity contribution in [3.05, 3.63) is 62.6 Å². The molecular weight excluding hydrogens is 452 g/mol. The standard InChI is InChI=1S/C21H20N4O7S/c1-30-15-8-11(9-16(31-2)17(15)32-3)25-20(29)13(18(27)23-21(25)33)10-22-24-19(28)12-6-4-5-7-14(12)26/h4-10,26,29H,1-3H3,(H,24,28)(H,23,27,33)/b22-10+. The molecule has 172 valence electrons. The highest BCUT2D eigenvalue weighted by Gasteiger charge is 2.18. The molecule has 3 rings (SSSR count). The molecular formula is C21H20N4O7S. The molecule has 4 N–H and O–H groups in total. The van der Waals surface area contributed by atoms with Crippen LogP contribution in [0.5, 0.6) is 28.9 Å². The van der Waals surface area contributed by atoms with Gasteiger partial charge in [-0.05, 0) is 24.4 Å². The van der Waals surface area contributed by atoms with E-state index < -0.39 is 17.3 Å². The van der Waals surface area contributed by atoms with Crippen LogP contribution in [0.15, 0.2) is 46.3 Å². The van der Waals surface area contributed by atoms with Crippen LogP contribution < -0.4 is 25.2 Å². The summed E-state index contributed by atoms with van der Waals surface area (Å²) in [6, 6.07) is 8.92. The topological polar surface area (TPSA) is 147 Å². The third-order valence-electron chi connectivity index (χ3n) is 4.54. The molecule has 0 fully saturated rings. The summed E-state index contributed by atoms with van der Waals surface area (Å²) in [6.07, 6.45) is 0.954. The molecule has 3 aromatic rings. The highest BCUT2D eigenvalue weighted by molar-refractivity contribution is 7.71. The number of nitrogens with zero attached hydrogens (tertiary/aromatic N) is 2. The molecule has 0 bridgehead atoms. The fraction of sp³-hybridized carbons (Fsp3) is 0.143. The number of aromatic amines is 1. The minimum Gasteiger partial charge on any atom is -0.507 e. The lowest BCUT2D eigenvalue weighted by Crippen LogP contribution is -2.21. The number of hydrogen-bond donors (Lipinski definition) is 4. The summed E-state index contributed by atoms with van der Waals surface area (Å²) in [7, 11) is 4.30. The highest BCUT2D eigenvalue weighted by atomic mass is 32.1. The van der Waals surface area contributed by atoms with Gasteiger partial charge < -0.3 is 24.4 Å². The average Bonchev–Trinajstić information content (AvgIpc) is 2.80. The van der Waals surface area contributed by atoms with E-state index >= 15 is 0 Å². The van der Waals surface area contributed by atoms with Crippen molar-refractivity contribution in [1.29, 1.82) is 0 Å². The first-order valence-electron chi connectivity index (χ1n) is 9.32. The fourth-order valence-corrected chi connectivity index (χ4v) is 3.26. The third-order valence-corrected chi connectivity index (χ3v) is 4.82. The van der Waals surface area contributed by atoms with Crippen LogP contribution in [-0.4, -0.2) is 53.2 Å². The Morgan fingerprint density at radius 1 is 1.12 bits per heavy atom. The summed E-state index contributed by atoms with van der Waals surface area (Å²) in [5.41, 5.74) is 1.46. The van der Waals surface area contributed by atoms with E-state index in [0.717, 1.165) is 10.8 Å². The molecule has 0 radical (unpaired) electrons. The first-order chi connectivity index (χ1) is 15.8. The van der Waals surface area contributed by atoms with E-state index in [4.69, 9.17) is 26.4 Å². The molecule has 12 heteroatoms. The minimum absolute atomic E-state index is 0.0128. The largest absolute Gasteiger partial charge is 0.507 e. The molecule has 0 saturated carbocycles. The number of benzene rings is 2. The first-order valence-corrected chi connectivity index (χ1v) is 9.73. The van der Waals surface area contributed by atoms with E-state index in [9.17, 15) is 19.8 Å². The number of carbonyl (C=O) groups is 1. The van der Waals surface area contributed by atoms with Gasteiger partial charge in [-0.1, -0.05) is 12.1 Å². The van der Waals surface area contributed by atoms with Gasteiger partial charge in [0.1, 0.15) is 11.3 Å². The van der Waals surface area contributed by atoms with Crippen molar-refractivity contribution in [2.45, 2.75) is 0 Å². The fourth-order valence-electron chi connectivity index (χ4n) is 2.97. The molecule has 2 aromatic carbocycles. The number of hydrazone groups is 1. The van der Waals surface area contributed by atoms with Gasteiger partial charge in [0, 0.05) is 12.1 Å². The number of phenols is 1. The summed E-state index contributed by atoms with van der Waals surface area (Å²) in [5.74, 6) is -0.570. The van der Waals surface area contributed by atoms with Gasteiger partial charge in [-0.2, -0.15) is 5.10 Å². The van der Waals surface area contributed by atoms with Gasteiger partial charge in [-0.25, -0.2) is 5.43 Å². The number of aromatic nitrogens is 2. The number of rotatable bonds is 7. The molecule has 11 nitrogen and oxygen atoms in total. The van der Waals surface area contributed by atoms with E-state index in [-0.39, 0.29) is 21.6 Å². The molecule has 1 amide bonds. The normalized spacial score (nSPS) is 10.8. The molecule has 0 aliphatic carbocycles. The molecule has 1 heterocycles. The number of carbonyl (C=O) groups excluding carboxylic acids is 1. The molecule has 0 aliphatic rings. The molecule has 0 atom stereocenters. The summed E-state index contributed by atoms with van der Waals surface area (Å²) in [4.78, 5) is 27.0. The number of nitrogens with one attached hydrogen (secondary N) is 2. The first kappa shape index (κ1) is 23.3. The second-order valence-electron chi connectivity index (χ2n) is 6.43. The van der Waals surface area contributed by atoms with Gasteiger partial charge in [-0.3, -0.25) is 19.1 Å². The van der Waals surface area contributed by atoms with E-state index in [2.05, 4.69) is 15.5 Å². The maximum Gasteiger partial charge on any atom is 0.275 e. The molecule has 0 unspecified atom stereocenters. The zero-order valence-corrected chi connectivity index (χ0v) is 18.6. The molecule has 0 aliphatic heterocycles. The second kappa shape index (κ2) is 9.87. The quantitative estimate of drug-likeness (QED) is 0.232. The van der Waals surface area contributed by atoms with Gasteiger partial charge in [0.25, 0.3) is 11.5 Å². The Kier molecular flexibility index (Phi) is 6.98. The van der Waals surface area contributed by atoms with Crippen molar-refractivity contribution in [1.82, 2.24) is 15.0 Å². The van der Waals surface area contributed by atoms with E-state index in [1.807, 2.05) is 0 Å². The van der Waals surface area contributed by atoms with Crippen LogP contribution in [0, 0.1) is 4.77 Å². The Balaban J connectivity index is 2.03. The van der Waals surface area contributed by atoms with Crippen LogP contribution in [0.25, 0.3) is 5.69 Å². The van der Waals surface area contributed by atoms with E-state index in [1.165, 1.54) is 45.6 Å². The van der Waals surface area contributed by atoms with Crippen molar-refractivity contribution in [2.75, 3.05) is 21.3 Å². The molecule has 1 aromatic heterocycles. The molecule has 0 saturated heterocycles. The van der Waals surface area contributed by atoms with E-state index in [1.54, 1.807) is 12.1 Å². The van der Waals surface area contributed by atoms with Gasteiger partial charge in [0.05, 0.1) is 38.8 Å². The number of para-hydroxylation sites is 1. The minimum atomic E-state index is -0.734.